The van der Waals surface area contributed by atoms with Gasteiger partial charge in [-0.1, -0.05) is 30.4 Å². The van der Waals surface area contributed by atoms with Gasteiger partial charge in [-0.25, -0.2) is 4.79 Å². The van der Waals surface area contributed by atoms with Crippen molar-refractivity contribution in [2.24, 2.45) is 0 Å². The zero-order valence-electron chi connectivity index (χ0n) is 12.3. The van der Waals surface area contributed by atoms with E-state index in [0.717, 1.165) is 12.8 Å². The minimum Gasteiger partial charge on any atom is -0.483 e. The standard InChI is InChI=1S/C17H22O3/c1-4-5-6-7-10-13-17(2,3)20-15-12-9-8-11-14(15)16(18)19/h4-5,8-13H,6-7H2,1-3H3,(H,18,19). The van der Waals surface area contributed by atoms with E-state index < -0.39 is 11.6 Å². The van der Waals surface area contributed by atoms with Crippen molar-refractivity contribution in [1.82, 2.24) is 0 Å². The van der Waals surface area contributed by atoms with Gasteiger partial charge < -0.3 is 9.84 Å². The number of unbranched alkanes of at least 4 members (excludes halogenated alkanes) is 1. The highest BCUT2D eigenvalue weighted by Gasteiger charge is 2.19. The molecule has 0 atom stereocenters. The number of rotatable bonds is 7. The van der Waals surface area contributed by atoms with Crippen LogP contribution in [0.5, 0.6) is 5.75 Å². The van der Waals surface area contributed by atoms with E-state index in [2.05, 4.69) is 12.2 Å². The van der Waals surface area contributed by atoms with Crippen molar-refractivity contribution in [2.75, 3.05) is 0 Å². The van der Waals surface area contributed by atoms with E-state index in [1.54, 1.807) is 24.3 Å². The molecule has 0 aliphatic heterocycles. The number of para-hydroxylation sites is 1. The molecule has 3 nitrogen and oxygen atoms in total. The highest BCUT2D eigenvalue weighted by atomic mass is 16.5. The molecular formula is C17H22O3. The van der Waals surface area contributed by atoms with Gasteiger partial charge in [0, 0.05) is 0 Å². The van der Waals surface area contributed by atoms with Gasteiger partial charge in [0.05, 0.1) is 0 Å². The van der Waals surface area contributed by atoms with Gasteiger partial charge in [-0.05, 0) is 51.8 Å². The van der Waals surface area contributed by atoms with Gasteiger partial charge in [0.25, 0.3) is 0 Å². The number of ether oxygens (including phenoxy) is 1. The molecule has 1 aromatic rings. The Hall–Kier alpha value is -2.03. The molecule has 0 fully saturated rings. The van der Waals surface area contributed by atoms with E-state index in [0.29, 0.717) is 5.75 Å². The largest absolute Gasteiger partial charge is 0.483 e. The molecule has 0 bridgehead atoms. The van der Waals surface area contributed by atoms with E-state index in [9.17, 15) is 4.79 Å². The lowest BCUT2D eigenvalue weighted by atomic mass is 10.1. The Bertz CT molecular complexity index is 499. The lowest BCUT2D eigenvalue weighted by Crippen LogP contribution is -2.26. The Morgan fingerprint density at radius 1 is 1.25 bits per heavy atom. The van der Waals surface area contributed by atoms with Gasteiger partial charge >= 0.3 is 5.97 Å². The summed E-state index contributed by atoms with van der Waals surface area (Å²) in [6, 6.07) is 6.69. The number of carboxylic acid groups (broad SMARTS) is 1. The molecule has 0 aliphatic rings. The molecule has 0 radical (unpaired) electrons. The van der Waals surface area contributed by atoms with Crippen LogP contribution < -0.4 is 4.74 Å². The van der Waals surface area contributed by atoms with Gasteiger partial charge in [0.2, 0.25) is 0 Å². The minimum atomic E-state index is -0.978. The van der Waals surface area contributed by atoms with E-state index in [-0.39, 0.29) is 5.56 Å². The van der Waals surface area contributed by atoms with E-state index in [4.69, 9.17) is 9.84 Å². The summed E-state index contributed by atoms with van der Waals surface area (Å²) >= 11 is 0. The maximum atomic E-state index is 11.1. The summed E-state index contributed by atoms with van der Waals surface area (Å²) in [4.78, 5) is 11.1. The first-order valence-electron chi connectivity index (χ1n) is 6.76. The van der Waals surface area contributed by atoms with Crippen LogP contribution in [0, 0.1) is 0 Å². The Kier molecular flexibility index (Phi) is 6.04. The molecule has 20 heavy (non-hydrogen) atoms. The quantitative estimate of drug-likeness (QED) is 0.590. The Morgan fingerprint density at radius 3 is 2.55 bits per heavy atom. The van der Waals surface area contributed by atoms with Crippen LogP contribution in [0.15, 0.2) is 48.6 Å². The highest BCUT2D eigenvalue weighted by molar-refractivity contribution is 5.90. The second-order valence-corrected chi connectivity index (χ2v) is 5.06. The minimum absolute atomic E-state index is 0.183. The molecule has 0 heterocycles. The summed E-state index contributed by atoms with van der Waals surface area (Å²) in [7, 11) is 0. The molecule has 0 spiro atoms. The molecule has 0 saturated carbocycles. The van der Waals surface area contributed by atoms with Crippen LogP contribution in [0.4, 0.5) is 0 Å². The summed E-state index contributed by atoms with van der Waals surface area (Å²) in [5.41, 5.74) is -0.357. The maximum absolute atomic E-state index is 11.1. The highest BCUT2D eigenvalue weighted by Crippen LogP contribution is 2.24. The molecule has 1 N–H and O–H groups in total. The number of carboxylic acids is 1. The fourth-order valence-corrected chi connectivity index (χ4v) is 1.78. The van der Waals surface area contributed by atoms with Gasteiger partial charge in [-0.2, -0.15) is 0 Å². The fourth-order valence-electron chi connectivity index (χ4n) is 1.78. The zero-order valence-corrected chi connectivity index (χ0v) is 12.3. The number of hydrogen-bond donors (Lipinski definition) is 1. The number of allylic oxidation sites excluding steroid dienone is 3. The SMILES string of the molecule is CC=CCCC=CC(C)(C)Oc1ccccc1C(=O)O. The molecule has 1 rings (SSSR count). The van der Waals surface area contributed by atoms with Crippen molar-refractivity contribution in [3.8, 4) is 5.75 Å². The van der Waals surface area contributed by atoms with Crippen molar-refractivity contribution in [3.05, 3.63) is 54.1 Å². The predicted molar refractivity (Wildman–Crippen MR) is 81.3 cm³/mol. The number of carbonyl (C=O) groups is 1. The van der Waals surface area contributed by atoms with Crippen LogP contribution in [-0.4, -0.2) is 16.7 Å². The summed E-state index contributed by atoms with van der Waals surface area (Å²) in [5, 5.41) is 9.13. The van der Waals surface area contributed by atoms with Crippen molar-refractivity contribution in [3.63, 3.8) is 0 Å². The van der Waals surface area contributed by atoms with E-state index >= 15 is 0 Å². The first kappa shape index (κ1) is 16.0. The third kappa shape index (κ3) is 5.31. The van der Waals surface area contributed by atoms with Crippen molar-refractivity contribution >= 4 is 5.97 Å². The molecule has 0 unspecified atom stereocenters. The van der Waals surface area contributed by atoms with Gasteiger partial charge in [-0.3, -0.25) is 0 Å². The molecule has 0 aromatic heterocycles. The summed E-state index contributed by atoms with van der Waals surface area (Å²) < 4.78 is 5.82. The van der Waals surface area contributed by atoms with Gasteiger partial charge in [0.1, 0.15) is 16.9 Å². The first-order valence-corrected chi connectivity index (χ1v) is 6.76. The third-order valence-electron chi connectivity index (χ3n) is 2.75. The van der Waals surface area contributed by atoms with Crippen LogP contribution in [-0.2, 0) is 0 Å². The zero-order chi connectivity index (χ0) is 15.0. The molecule has 1 aromatic carbocycles. The molecule has 0 amide bonds. The summed E-state index contributed by atoms with van der Waals surface area (Å²) in [6.45, 7) is 5.83. The monoisotopic (exact) mass is 274 g/mol. The van der Waals surface area contributed by atoms with Crippen molar-refractivity contribution in [2.45, 2.75) is 39.2 Å². The van der Waals surface area contributed by atoms with Crippen LogP contribution in [0.25, 0.3) is 0 Å². The van der Waals surface area contributed by atoms with Crippen molar-refractivity contribution in [1.29, 1.82) is 0 Å². The Morgan fingerprint density at radius 2 is 1.90 bits per heavy atom. The van der Waals surface area contributed by atoms with E-state index in [1.807, 2.05) is 32.9 Å². The Labute approximate surface area is 120 Å². The number of benzene rings is 1. The molecule has 0 aliphatic carbocycles. The molecule has 3 heteroatoms. The lowest BCUT2D eigenvalue weighted by molar-refractivity contribution is 0.0686. The number of hydrogen-bond acceptors (Lipinski definition) is 2. The second kappa shape index (κ2) is 7.53. The van der Waals surface area contributed by atoms with Crippen molar-refractivity contribution < 1.29 is 14.6 Å². The lowest BCUT2D eigenvalue weighted by Gasteiger charge is -2.23. The normalized spacial score (nSPS) is 12.2. The smallest absolute Gasteiger partial charge is 0.339 e. The maximum Gasteiger partial charge on any atom is 0.339 e. The number of aromatic carboxylic acids is 1. The van der Waals surface area contributed by atoms with E-state index in [1.165, 1.54) is 0 Å². The average molecular weight is 274 g/mol. The van der Waals surface area contributed by atoms with Crippen LogP contribution >= 0.6 is 0 Å². The molecule has 0 saturated heterocycles. The topological polar surface area (TPSA) is 46.5 Å². The van der Waals surface area contributed by atoms with Crippen LogP contribution in [0.2, 0.25) is 0 Å². The molecule has 108 valence electrons. The fraction of sp³-hybridized carbons (Fsp3) is 0.353. The van der Waals surface area contributed by atoms with Gasteiger partial charge in [-0.15, -0.1) is 0 Å². The van der Waals surface area contributed by atoms with Crippen LogP contribution in [0.3, 0.4) is 0 Å². The third-order valence-corrected chi connectivity index (χ3v) is 2.75. The predicted octanol–water partition coefficient (Wildman–Crippen LogP) is 4.45. The second-order valence-electron chi connectivity index (χ2n) is 5.06. The average Bonchev–Trinajstić information content (AvgIpc) is 2.38. The summed E-state index contributed by atoms with van der Waals surface area (Å²) in [6.07, 6.45) is 10.1. The first-order chi connectivity index (χ1) is 9.46. The van der Waals surface area contributed by atoms with Crippen LogP contribution in [0.1, 0.15) is 44.0 Å². The molecular weight excluding hydrogens is 252 g/mol. The summed E-state index contributed by atoms with van der Waals surface area (Å²) in [5.74, 6) is -0.587. The Balaban J connectivity index is 2.73. The van der Waals surface area contributed by atoms with Gasteiger partial charge in [0.15, 0.2) is 0 Å².